The summed E-state index contributed by atoms with van der Waals surface area (Å²) in [7, 11) is -4.26. The molecule has 0 fully saturated rings. The van der Waals surface area contributed by atoms with Crippen LogP contribution in [0, 0.1) is 0 Å². The van der Waals surface area contributed by atoms with Crippen molar-refractivity contribution in [1.29, 1.82) is 0 Å². The lowest BCUT2D eigenvalue weighted by Crippen LogP contribution is -2.35. The van der Waals surface area contributed by atoms with Gasteiger partial charge < -0.3 is 10.6 Å². The molecule has 0 spiro atoms. The molecule has 4 heterocycles. The van der Waals surface area contributed by atoms with Crippen molar-refractivity contribution in [3.63, 3.8) is 0 Å². The number of fused-ring (bicyclic) bond motifs is 2. The minimum atomic E-state index is -4.87. The van der Waals surface area contributed by atoms with Gasteiger partial charge in [0.15, 0.2) is 9.84 Å². The summed E-state index contributed by atoms with van der Waals surface area (Å²) in [5, 5.41) is 0. The van der Waals surface area contributed by atoms with Crippen molar-refractivity contribution in [2.75, 3.05) is 16.4 Å². The van der Waals surface area contributed by atoms with E-state index in [1.165, 1.54) is 30.5 Å². The zero-order chi connectivity index (χ0) is 28.2. The number of halogens is 5. The van der Waals surface area contributed by atoms with Gasteiger partial charge >= 0.3 is 6.18 Å². The normalized spacial score (nSPS) is 16.0. The third-order valence-electron chi connectivity index (χ3n) is 6.03. The van der Waals surface area contributed by atoms with E-state index in [1.54, 1.807) is 6.07 Å². The van der Waals surface area contributed by atoms with Crippen LogP contribution < -0.4 is 10.6 Å². The van der Waals surface area contributed by atoms with Crippen LogP contribution in [-0.4, -0.2) is 40.0 Å². The second-order valence-electron chi connectivity index (χ2n) is 8.73. The summed E-state index contributed by atoms with van der Waals surface area (Å²) in [5.41, 5.74) is 5.24. The van der Waals surface area contributed by atoms with Crippen molar-refractivity contribution in [2.24, 2.45) is 0 Å². The number of hydrogen-bond donors (Lipinski definition) is 1. The Kier molecular flexibility index (Phi) is 6.20. The van der Waals surface area contributed by atoms with Crippen LogP contribution in [0.15, 0.2) is 59.9 Å². The number of nitrogens with two attached hydrogens (primary N) is 1. The molecule has 2 N–H and O–H groups in total. The van der Waals surface area contributed by atoms with Gasteiger partial charge in [0.25, 0.3) is 11.8 Å². The molecule has 1 aromatic carbocycles. The zero-order valence-electron chi connectivity index (χ0n) is 19.7. The van der Waals surface area contributed by atoms with E-state index in [0.717, 1.165) is 11.0 Å². The molecule has 1 amide bonds. The smallest absolute Gasteiger partial charge is 0.384 e. The first-order valence-electron chi connectivity index (χ1n) is 11.2. The number of benzene rings is 1. The summed E-state index contributed by atoms with van der Waals surface area (Å²) in [6.45, 7) is -0.406. The highest BCUT2D eigenvalue weighted by Crippen LogP contribution is 2.45. The Hall–Kier alpha value is -4.27. The number of carbonyl (C=O) groups excluding carboxylic acids is 1. The molecule has 15 heteroatoms. The largest absolute Gasteiger partial charge is 0.451 e. The second-order valence-corrected chi connectivity index (χ2v) is 10.8. The molecule has 39 heavy (non-hydrogen) atoms. The Bertz CT molecular complexity index is 1710. The van der Waals surface area contributed by atoms with Gasteiger partial charge in [-0.05, 0) is 29.8 Å². The summed E-state index contributed by atoms with van der Waals surface area (Å²) in [6.07, 6.45) is -3.18. The van der Waals surface area contributed by atoms with Gasteiger partial charge in [-0.2, -0.15) is 13.2 Å². The van der Waals surface area contributed by atoms with Crippen LogP contribution in [0.2, 0.25) is 0 Å². The van der Waals surface area contributed by atoms with Crippen molar-refractivity contribution >= 4 is 38.3 Å². The van der Waals surface area contributed by atoms with E-state index >= 15 is 0 Å². The third-order valence-corrected chi connectivity index (χ3v) is 7.82. The number of alkyl halides is 5. The molecule has 0 unspecified atom stereocenters. The SMILES string of the molecule is Nc1ccc2ncc(CN(C(=O)c3cnc(C(F)(F)F)nc3)c3cccc4c3S(=O)(=O)CCC4(F)F)cc2n1. The highest BCUT2D eigenvalue weighted by atomic mass is 32.2. The number of nitrogens with zero attached hydrogens (tertiary/aromatic N) is 5. The molecule has 3 aromatic heterocycles. The lowest BCUT2D eigenvalue weighted by Gasteiger charge is -2.31. The van der Waals surface area contributed by atoms with Crippen LogP contribution in [0.3, 0.4) is 0 Å². The average Bonchev–Trinajstić information content (AvgIpc) is 2.88. The highest BCUT2D eigenvalue weighted by Gasteiger charge is 2.45. The van der Waals surface area contributed by atoms with Crippen molar-refractivity contribution < 1.29 is 35.2 Å². The predicted molar refractivity (Wildman–Crippen MR) is 129 cm³/mol. The fraction of sp³-hybridized carbons (Fsp3) is 0.208. The predicted octanol–water partition coefficient (Wildman–Crippen LogP) is 4.14. The first kappa shape index (κ1) is 26.3. The fourth-order valence-electron chi connectivity index (χ4n) is 4.19. The van der Waals surface area contributed by atoms with Crippen LogP contribution >= 0.6 is 0 Å². The van der Waals surface area contributed by atoms with Crippen LogP contribution in [-0.2, 0) is 28.5 Å². The van der Waals surface area contributed by atoms with Crippen molar-refractivity contribution in [3.05, 3.63) is 77.5 Å². The molecule has 1 aliphatic rings. The van der Waals surface area contributed by atoms with Crippen LogP contribution in [0.5, 0.6) is 0 Å². The minimum Gasteiger partial charge on any atom is -0.384 e. The first-order valence-corrected chi connectivity index (χ1v) is 12.9. The second kappa shape index (κ2) is 9.18. The number of carbonyl (C=O) groups is 1. The van der Waals surface area contributed by atoms with Gasteiger partial charge in [0.1, 0.15) is 5.82 Å². The van der Waals surface area contributed by atoms with Crippen molar-refractivity contribution in [3.8, 4) is 0 Å². The number of hydrogen-bond acceptors (Lipinski definition) is 8. The van der Waals surface area contributed by atoms with E-state index in [-0.39, 0.29) is 11.5 Å². The van der Waals surface area contributed by atoms with E-state index in [2.05, 4.69) is 19.9 Å². The Morgan fingerprint density at radius 2 is 1.74 bits per heavy atom. The van der Waals surface area contributed by atoms with Gasteiger partial charge in [0, 0.05) is 30.6 Å². The minimum absolute atomic E-state index is 0.182. The number of aromatic nitrogens is 4. The number of anilines is 2. The van der Waals surface area contributed by atoms with Gasteiger partial charge in [-0.15, -0.1) is 0 Å². The topological polar surface area (TPSA) is 132 Å². The van der Waals surface area contributed by atoms with E-state index in [0.29, 0.717) is 29.0 Å². The Morgan fingerprint density at radius 1 is 1.03 bits per heavy atom. The van der Waals surface area contributed by atoms with Gasteiger partial charge in [-0.1, -0.05) is 12.1 Å². The molecule has 0 aliphatic carbocycles. The Balaban J connectivity index is 1.67. The summed E-state index contributed by atoms with van der Waals surface area (Å²) in [5.74, 6) is -6.69. The standard InChI is InChI=1S/C24H17F5N6O3S/c25-23(26)6-7-39(37,38)20-15(23)2-1-3-18(20)35(21(36)14-10-32-22(33-11-14)24(27,28)29)12-13-8-17-16(31-9-13)4-5-19(30)34-17/h1-5,8-11H,6-7,12H2,(H2,30,34). The summed E-state index contributed by atoms with van der Waals surface area (Å²) >= 11 is 0. The molecule has 5 rings (SSSR count). The molecule has 0 saturated carbocycles. The van der Waals surface area contributed by atoms with Crippen LogP contribution in [0.4, 0.5) is 33.5 Å². The number of amides is 1. The molecule has 1 aliphatic heterocycles. The van der Waals surface area contributed by atoms with Crippen molar-refractivity contribution in [2.45, 2.75) is 30.0 Å². The number of sulfone groups is 1. The van der Waals surface area contributed by atoms with Crippen LogP contribution in [0.1, 0.15) is 33.7 Å². The van der Waals surface area contributed by atoms with Crippen molar-refractivity contribution in [1.82, 2.24) is 19.9 Å². The van der Waals surface area contributed by atoms with E-state index in [4.69, 9.17) is 5.73 Å². The molecule has 0 atom stereocenters. The molecule has 202 valence electrons. The number of rotatable bonds is 4. The van der Waals surface area contributed by atoms with Gasteiger partial charge in [-0.25, -0.2) is 32.2 Å². The third kappa shape index (κ3) is 4.96. The fourth-order valence-corrected chi connectivity index (χ4v) is 5.97. The molecule has 9 nitrogen and oxygen atoms in total. The average molecular weight is 564 g/mol. The molecule has 0 radical (unpaired) electrons. The monoisotopic (exact) mass is 564 g/mol. The lowest BCUT2D eigenvalue weighted by atomic mass is 10.0. The Labute approximate surface area is 217 Å². The molecular formula is C24H17F5N6O3S. The Morgan fingerprint density at radius 3 is 2.44 bits per heavy atom. The summed E-state index contributed by atoms with van der Waals surface area (Å²) in [4.78, 5) is 28.5. The molecule has 4 aromatic rings. The van der Waals surface area contributed by atoms with Gasteiger partial charge in [0.05, 0.1) is 39.5 Å². The zero-order valence-corrected chi connectivity index (χ0v) is 20.5. The number of pyridine rings is 2. The number of nitrogen functional groups attached to an aromatic ring is 1. The maximum atomic E-state index is 14.8. The van der Waals surface area contributed by atoms with Gasteiger partial charge in [0.2, 0.25) is 5.82 Å². The molecule has 0 saturated heterocycles. The summed E-state index contributed by atoms with van der Waals surface area (Å²) < 4.78 is 94.4. The van der Waals surface area contributed by atoms with Crippen LogP contribution in [0.25, 0.3) is 11.0 Å². The van der Waals surface area contributed by atoms with E-state index < -0.39 is 68.4 Å². The van der Waals surface area contributed by atoms with E-state index in [1.807, 2.05) is 0 Å². The van der Waals surface area contributed by atoms with Gasteiger partial charge in [-0.3, -0.25) is 9.78 Å². The van der Waals surface area contributed by atoms with E-state index in [9.17, 15) is 35.2 Å². The quantitative estimate of drug-likeness (QED) is 0.366. The maximum absolute atomic E-state index is 14.8. The molecular weight excluding hydrogens is 547 g/mol. The first-order chi connectivity index (χ1) is 18.3. The lowest BCUT2D eigenvalue weighted by molar-refractivity contribution is -0.145. The maximum Gasteiger partial charge on any atom is 0.451 e. The highest BCUT2D eigenvalue weighted by molar-refractivity contribution is 7.91. The molecule has 0 bridgehead atoms. The summed E-state index contributed by atoms with van der Waals surface area (Å²) in [6, 6.07) is 7.95.